The van der Waals surface area contributed by atoms with Gasteiger partial charge >= 0.3 is 0 Å². The summed E-state index contributed by atoms with van der Waals surface area (Å²) in [5.74, 6) is 0. The predicted octanol–water partition coefficient (Wildman–Crippen LogP) is 2.55. The molecule has 90 valence electrons. The third kappa shape index (κ3) is 3.43. The maximum atomic E-state index is 4.37. The van der Waals surface area contributed by atoms with Gasteiger partial charge in [0, 0.05) is 24.3 Å². The Morgan fingerprint density at radius 3 is 2.65 bits per heavy atom. The summed E-state index contributed by atoms with van der Waals surface area (Å²) in [5.41, 5.74) is 2.39. The van der Waals surface area contributed by atoms with E-state index in [0.29, 0.717) is 6.04 Å². The average molecular weight is 229 g/mol. The maximum absolute atomic E-state index is 4.37. The second kappa shape index (κ2) is 5.64. The zero-order chi connectivity index (χ0) is 12.1. The third-order valence-corrected chi connectivity index (χ3v) is 2.63. The van der Waals surface area contributed by atoms with Crippen LogP contribution in [-0.2, 0) is 6.54 Å². The lowest BCUT2D eigenvalue weighted by Crippen LogP contribution is -2.26. The van der Waals surface area contributed by atoms with Crippen molar-refractivity contribution in [1.29, 1.82) is 0 Å². The van der Waals surface area contributed by atoms with E-state index in [0.717, 1.165) is 13.1 Å². The molecule has 1 aromatic carbocycles. The van der Waals surface area contributed by atoms with Crippen molar-refractivity contribution in [3.8, 4) is 11.1 Å². The predicted molar refractivity (Wildman–Crippen MR) is 70.8 cm³/mol. The molecular weight excluding hydrogens is 210 g/mol. The van der Waals surface area contributed by atoms with E-state index in [1.54, 1.807) is 0 Å². The molecule has 2 aromatic rings. The summed E-state index contributed by atoms with van der Waals surface area (Å²) in [5, 5.41) is 7.75. The summed E-state index contributed by atoms with van der Waals surface area (Å²) in [4.78, 5) is 0. The summed E-state index contributed by atoms with van der Waals surface area (Å²) in [6, 6.07) is 10.9. The van der Waals surface area contributed by atoms with E-state index >= 15 is 0 Å². The molecule has 17 heavy (non-hydrogen) atoms. The molecule has 2 rings (SSSR count). The summed E-state index contributed by atoms with van der Waals surface area (Å²) < 4.78 is 1.98. The molecule has 1 aromatic heterocycles. The first-order valence-corrected chi connectivity index (χ1v) is 6.07. The summed E-state index contributed by atoms with van der Waals surface area (Å²) in [6.45, 7) is 6.16. The summed E-state index contributed by atoms with van der Waals surface area (Å²) >= 11 is 0. The van der Waals surface area contributed by atoms with Gasteiger partial charge in [-0.25, -0.2) is 0 Å². The van der Waals surface area contributed by atoms with Crippen LogP contribution in [0, 0.1) is 0 Å². The Bertz CT molecular complexity index is 446. The Balaban J connectivity index is 1.97. The van der Waals surface area contributed by atoms with Crippen molar-refractivity contribution >= 4 is 0 Å². The standard InChI is InChI=1S/C14H19N3/c1-12(2)15-8-9-17-11-14(10-16-17)13-6-4-3-5-7-13/h3-7,10-12,15H,8-9H2,1-2H3. The minimum absolute atomic E-state index is 0.527. The number of aromatic nitrogens is 2. The number of hydrogen-bond acceptors (Lipinski definition) is 2. The van der Waals surface area contributed by atoms with Crippen molar-refractivity contribution < 1.29 is 0 Å². The number of rotatable bonds is 5. The van der Waals surface area contributed by atoms with Gasteiger partial charge in [0.25, 0.3) is 0 Å². The molecule has 0 bridgehead atoms. The number of nitrogens with one attached hydrogen (secondary N) is 1. The Morgan fingerprint density at radius 1 is 1.18 bits per heavy atom. The van der Waals surface area contributed by atoms with Gasteiger partial charge in [0.1, 0.15) is 0 Å². The van der Waals surface area contributed by atoms with Gasteiger partial charge in [-0.15, -0.1) is 0 Å². The zero-order valence-electron chi connectivity index (χ0n) is 10.4. The molecule has 0 aliphatic heterocycles. The molecule has 0 unspecified atom stereocenters. The highest BCUT2D eigenvalue weighted by atomic mass is 15.3. The minimum Gasteiger partial charge on any atom is -0.313 e. The highest BCUT2D eigenvalue weighted by Crippen LogP contribution is 2.17. The van der Waals surface area contributed by atoms with Crippen molar-refractivity contribution in [1.82, 2.24) is 15.1 Å². The van der Waals surface area contributed by atoms with Gasteiger partial charge in [0.05, 0.1) is 12.7 Å². The fraction of sp³-hybridized carbons (Fsp3) is 0.357. The maximum Gasteiger partial charge on any atom is 0.0568 e. The topological polar surface area (TPSA) is 29.9 Å². The van der Waals surface area contributed by atoms with Crippen molar-refractivity contribution in [2.75, 3.05) is 6.54 Å². The van der Waals surface area contributed by atoms with Gasteiger partial charge in [-0.2, -0.15) is 5.10 Å². The molecule has 0 aliphatic rings. The highest BCUT2D eigenvalue weighted by molar-refractivity contribution is 5.61. The monoisotopic (exact) mass is 229 g/mol. The first-order chi connectivity index (χ1) is 8.25. The largest absolute Gasteiger partial charge is 0.313 e. The van der Waals surface area contributed by atoms with E-state index in [-0.39, 0.29) is 0 Å². The molecule has 0 saturated heterocycles. The van der Waals surface area contributed by atoms with Crippen LogP contribution in [0.25, 0.3) is 11.1 Å². The molecule has 0 radical (unpaired) electrons. The van der Waals surface area contributed by atoms with Gasteiger partial charge in [0.15, 0.2) is 0 Å². The van der Waals surface area contributed by atoms with Crippen molar-refractivity contribution in [2.24, 2.45) is 0 Å². The Kier molecular flexibility index (Phi) is 3.94. The lowest BCUT2D eigenvalue weighted by molar-refractivity contribution is 0.515. The van der Waals surface area contributed by atoms with Crippen molar-refractivity contribution in [3.63, 3.8) is 0 Å². The normalized spacial score (nSPS) is 11.0. The van der Waals surface area contributed by atoms with Gasteiger partial charge < -0.3 is 5.32 Å². The molecule has 0 fully saturated rings. The molecule has 0 saturated carbocycles. The van der Waals surface area contributed by atoms with Crippen LogP contribution < -0.4 is 5.32 Å². The van der Waals surface area contributed by atoms with Crippen LogP contribution in [0.15, 0.2) is 42.7 Å². The van der Waals surface area contributed by atoms with Gasteiger partial charge in [-0.05, 0) is 5.56 Å². The molecule has 0 aliphatic carbocycles. The summed E-state index contributed by atoms with van der Waals surface area (Å²) in [7, 11) is 0. The Labute approximate surface area is 102 Å². The van der Waals surface area contributed by atoms with Crippen molar-refractivity contribution in [2.45, 2.75) is 26.4 Å². The minimum atomic E-state index is 0.527. The van der Waals surface area contributed by atoms with Crippen LogP contribution in [0.2, 0.25) is 0 Å². The van der Waals surface area contributed by atoms with E-state index < -0.39 is 0 Å². The van der Waals surface area contributed by atoms with Gasteiger partial charge in [-0.3, -0.25) is 4.68 Å². The SMILES string of the molecule is CC(C)NCCn1cc(-c2ccccc2)cn1. The number of nitrogens with zero attached hydrogens (tertiary/aromatic N) is 2. The fourth-order valence-electron chi connectivity index (χ4n) is 1.73. The smallest absolute Gasteiger partial charge is 0.0568 e. The van der Waals surface area contributed by atoms with Gasteiger partial charge in [-0.1, -0.05) is 44.2 Å². The van der Waals surface area contributed by atoms with E-state index in [2.05, 4.69) is 42.6 Å². The molecule has 0 spiro atoms. The Morgan fingerprint density at radius 2 is 1.94 bits per heavy atom. The van der Waals surface area contributed by atoms with Crippen molar-refractivity contribution in [3.05, 3.63) is 42.7 Å². The van der Waals surface area contributed by atoms with E-state index in [9.17, 15) is 0 Å². The summed E-state index contributed by atoms with van der Waals surface area (Å²) in [6.07, 6.45) is 4.02. The molecule has 0 atom stereocenters. The highest BCUT2D eigenvalue weighted by Gasteiger charge is 2.00. The van der Waals surface area contributed by atoms with Crippen LogP contribution in [0.5, 0.6) is 0 Å². The van der Waals surface area contributed by atoms with Crippen LogP contribution >= 0.6 is 0 Å². The second-order valence-electron chi connectivity index (χ2n) is 4.47. The Hall–Kier alpha value is -1.61. The third-order valence-electron chi connectivity index (χ3n) is 2.63. The van der Waals surface area contributed by atoms with Crippen LogP contribution in [0.1, 0.15) is 13.8 Å². The lowest BCUT2D eigenvalue weighted by atomic mass is 10.1. The van der Waals surface area contributed by atoms with E-state index in [1.165, 1.54) is 11.1 Å². The van der Waals surface area contributed by atoms with Crippen LogP contribution in [0.3, 0.4) is 0 Å². The molecular formula is C14H19N3. The first kappa shape index (κ1) is 11.9. The number of benzene rings is 1. The average Bonchev–Trinajstić information content (AvgIpc) is 2.78. The van der Waals surface area contributed by atoms with Crippen LogP contribution in [0.4, 0.5) is 0 Å². The number of hydrogen-bond donors (Lipinski definition) is 1. The van der Waals surface area contributed by atoms with Crippen LogP contribution in [-0.4, -0.2) is 22.4 Å². The van der Waals surface area contributed by atoms with E-state index in [1.807, 2.05) is 29.1 Å². The molecule has 1 heterocycles. The lowest BCUT2D eigenvalue weighted by Gasteiger charge is -2.07. The quantitative estimate of drug-likeness (QED) is 0.854. The zero-order valence-corrected chi connectivity index (χ0v) is 10.4. The molecule has 3 nitrogen and oxygen atoms in total. The molecule has 3 heteroatoms. The fourth-order valence-corrected chi connectivity index (χ4v) is 1.73. The first-order valence-electron chi connectivity index (χ1n) is 6.07. The molecule has 1 N–H and O–H groups in total. The van der Waals surface area contributed by atoms with E-state index in [4.69, 9.17) is 0 Å². The second-order valence-corrected chi connectivity index (χ2v) is 4.47. The molecule has 0 amide bonds. The van der Waals surface area contributed by atoms with Gasteiger partial charge in [0.2, 0.25) is 0 Å².